The number of hydrogen-bond donors (Lipinski definition) is 4. The first-order valence-corrected chi connectivity index (χ1v) is 23.2. The number of esters is 1. The molecule has 6 aromatic rings. The smallest absolute Gasteiger partial charge is 0.407 e. The third-order valence-electron chi connectivity index (χ3n) is 10.5. The monoisotopic (exact) mass is 1000 g/mol. The molecule has 0 bridgehead atoms. The maximum absolute atomic E-state index is 12.9. The Morgan fingerprint density at radius 1 is 0.630 bits per heavy atom. The topological polar surface area (TPSA) is 263 Å². The van der Waals surface area contributed by atoms with E-state index in [4.69, 9.17) is 24.7 Å². The van der Waals surface area contributed by atoms with Crippen LogP contribution in [0.2, 0.25) is 0 Å². The Hall–Kier alpha value is -8.55. The number of rotatable bonds is 16. The summed E-state index contributed by atoms with van der Waals surface area (Å²) in [4.78, 5) is 92.4. The summed E-state index contributed by atoms with van der Waals surface area (Å²) in [5.41, 5.74) is 7.99. The molecule has 0 aliphatic carbocycles. The molecular weight excluding hydrogens is 941 g/mol. The molecule has 4 aromatic heterocycles. The second-order valence-corrected chi connectivity index (χ2v) is 18.3. The SMILES string of the molecule is COC(=O)C(=O)c1cn(CCCNC(=O)OC(C)(C)C)c2ncccc12.COc1ccccc1C1=C(c2cn(CCCNC(=O)OC(C)(C)C)c3ncccc23)C(=O)NC1=O.COc1ccccc1CC(N)=O. The Balaban J connectivity index is 0.000000227. The van der Waals surface area contributed by atoms with E-state index in [1.54, 1.807) is 99.6 Å². The highest BCUT2D eigenvalue weighted by atomic mass is 16.6. The van der Waals surface area contributed by atoms with Gasteiger partial charge in [-0.05, 0) is 90.8 Å². The van der Waals surface area contributed by atoms with Gasteiger partial charge in [0, 0.05) is 78.4 Å². The number of ketones is 1. The molecule has 2 aromatic carbocycles. The quantitative estimate of drug-likeness (QED) is 0.0200. The van der Waals surface area contributed by atoms with Gasteiger partial charge < -0.3 is 49.2 Å². The van der Waals surface area contributed by atoms with Gasteiger partial charge in [0.25, 0.3) is 17.6 Å². The van der Waals surface area contributed by atoms with Gasteiger partial charge in [-0.15, -0.1) is 0 Å². The first-order chi connectivity index (χ1) is 34.7. The number of imide groups is 1. The van der Waals surface area contributed by atoms with Crippen molar-refractivity contribution in [2.24, 2.45) is 5.73 Å². The number of Topliss-reactive ketones (excluding diaryl/α,β-unsaturated/α-hetero) is 1. The van der Waals surface area contributed by atoms with Crippen LogP contribution in [-0.2, 0) is 52.9 Å². The van der Waals surface area contributed by atoms with Crippen LogP contribution in [-0.4, -0.2) is 106 Å². The van der Waals surface area contributed by atoms with E-state index >= 15 is 0 Å². The van der Waals surface area contributed by atoms with E-state index in [1.165, 1.54) is 14.2 Å². The Bertz CT molecular complexity index is 3010. The molecule has 0 fully saturated rings. The number of aromatic nitrogens is 4. The molecule has 5 N–H and O–H groups in total. The standard InChI is InChI=1S/C26H28N4O5.C18H23N3O5.C9H11NO2/c1-26(2,3)35-25(33)28-13-8-14-30-15-18(16-10-7-12-27-22(16)30)21-20(23(31)29-24(21)32)17-9-5-6-11-19(17)34-4;1-18(2,3)26-17(24)20-9-6-10-21-11-13(14(22)16(23)25-4)12-7-5-8-19-15(12)21;1-12-8-5-3-2-4-7(8)6-9(10)11/h5-7,9-12,15H,8,13-14H2,1-4H3,(H,28,33)(H,29,31,32);5,7-8,11H,6,9-10H2,1-4H3,(H,20,24);2-5H,6H2,1H3,(H2,10,11). The lowest BCUT2D eigenvalue weighted by Gasteiger charge is -2.19. The highest BCUT2D eigenvalue weighted by molar-refractivity contribution is 6.50. The Kier molecular flexibility index (Phi) is 19.0. The molecule has 5 heterocycles. The number of alkyl carbamates (subject to hydrolysis) is 2. The largest absolute Gasteiger partial charge is 0.496 e. The molecule has 73 heavy (non-hydrogen) atoms. The van der Waals surface area contributed by atoms with E-state index in [-0.39, 0.29) is 29.0 Å². The van der Waals surface area contributed by atoms with Gasteiger partial charge >= 0.3 is 18.2 Å². The number of carbonyl (C=O) groups is 7. The van der Waals surface area contributed by atoms with Crippen LogP contribution in [0.5, 0.6) is 11.5 Å². The van der Waals surface area contributed by atoms with Crippen molar-refractivity contribution in [1.82, 2.24) is 35.1 Å². The van der Waals surface area contributed by atoms with E-state index < -0.39 is 47.0 Å². The minimum atomic E-state index is -0.917. The van der Waals surface area contributed by atoms with Gasteiger partial charge in [0.05, 0.1) is 44.5 Å². The van der Waals surface area contributed by atoms with Crippen molar-refractivity contribution in [3.8, 4) is 11.5 Å². The number of ether oxygens (including phenoxy) is 5. The van der Waals surface area contributed by atoms with Crippen LogP contribution in [0.3, 0.4) is 0 Å². The Morgan fingerprint density at radius 2 is 1.12 bits per heavy atom. The minimum Gasteiger partial charge on any atom is -0.496 e. The van der Waals surface area contributed by atoms with E-state index in [0.29, 0.717) is 78.3 Å². The van der Waals surface area contributed by atoms with Crippen molar-refractivity contribution in [3.63, 3.8) is 0 Å². The second-order valence-electron chi connectivity index (χ2n) is 18.3. The summed E-state index contributed by atoms with van der Waals surface area (Å²) < 4.78 is 29.1. The number of aryl methyl sites for hydroxylation is 2. The summed E-state index contributed by atoms with van der Waals surface area (Å²) >= 11 is 0. The van der Waals surface area contributed by atoms with Gasteiger partial charge in [0.2, 0.25) is 5.91 Å². The Morgan fingerprint density at radius 3 is 1.66 bits per heavy atom. The number of nitrogens with zero attached hydrogens (tertiary/aromatic N) is 4. The third-order valence-corrected chi connectivity index (χ3v) is 10.5. The van der Waals surface area contributed by atoms with E-state index in [1.807, 2.05) is 55.8 Å². The average Bonchev–Trinajstić information content (AvgIpc) is 4.00. The summed E-state index contributed by atoms with van der Waals surface area (Å²) in [5, 5.41) is 9.19. The summed E-state index contributed by atoms with van der Waals surface area (Å²) in [6.45, 7) is 12.7. The first-order valence-electron chi connectivity index (χ1n) is 23.2. The normalized spacial score (nSPS) is 12.2. The van der Waals surface area contributed by atoms with Crippen LogP contribution in [0.25, 0.3) is 33.2 Å². The molecule has 0 saturated heterocycles. The van der Waals surface area contributed by atoms with Gasteiger partial charge in [0.1, 0.15) is 34.0 Å². The van der Waals surface area contributed by atoms with Gasteiger partial charge in [-0.1, -0.05) is 36.4 Å². The van der Waals surface area contributed by atoms with Crippen molar-refractivity contribution in [3.05, 3.63) is 120 Å². The van der Waals surface area contributed by atoms with Crippen LogP contribution in [0, 0.1) is 0 Å². The highest BCUT2D eigenvalue weighted by Crippen LogP contribution is 2.38. The van der Waals surface area contributed by atoms with Crippen LogP contribution in [0.1, 0.15) is 81.4 Å². The van der Waals surface area contributed by atoms with E-state index in [0.717, 1.165) is 10.9 Å². The fourth-order valence-corrected chi connectivity index (χ4v) is 7.53. The van der Waals surface area contributed by atoms with Crippen molar-refractivity contribution in [1.29, 1.82) is 0 Å². The molecule has 0 radical (unpaired) electrons. The molecule has 0 atom stereocenters. The predicted octanol–water partition coefficient (Wildman–Crippen LogP) is 6.56. The molecule has 0 spiro atoms. The second kappa shape index (κ2) is 25.0. The van der Waals surface area contributed by atoms with Crippen molar-refractivity contribution in [2.75, 3.05) is 34.4 Å². The van der Waals surface area contributed by atoms with Crippen LogP contribution >= 0.6 is 0 Å². The van der Waals surface area contributed by atoms with Gasteiger partial charge in [-0.25, -0.2) is 24.4 Å². The first kappa shape index (κ1) is 55.4. The zero-order chi connectivity index (χ0) is 53.5. The van der Waals surface area contributed by atoms with Gasteiger partial charge in [-0.2, -0.15) is 0 Å². The number of pyridine rings is 2. The number of fused-ring (bicyclic) bond motifs is 2. The molecule has 1 aliphatic rings. The zero-order valence-electron chi connectivity index (χ0n) is 42.5. The summed E-state index contributed by atoms with van der Waals surface area (Å²) in [7, 11) is 4.26. The molecule has 1 aliphatic heterocycles. The number of carbonyl (C=O) groups excluding carboxylic acids is 7. The lowest BCUT2D eigenvalue weighted by atomic mass is 9.96. The number of benzene rings is 2. The minimum absolute atomic E-state index is 0.226. The molecule has 386 valence electrons. The molecule has 20 heteroatoms. The number of para-hydroxylation sites is 2. The lowest BCUT2D eigenvalue weighted by Crippen LogP contribution is -2.33. The maximum Gasteiger partial charge on any atom is 0.407 e. The molecule has 0 saturated carbocycles. The zero-order valence-corrected chi connectivity index (χ0v) is 42.5. The number of amides is 5. The fraction of sp³-hybridized carbons (Fsp3) is 0.340. The highest BCUT2D eigenvalue weighted by Gasteiger charge is 2.35. The van der Waals surface area contributed by atoms with Crippen LogP contribution in [0.4, 0.5) is 9.59 Å². The molecule has 20 nitrogen and oxygen atoms in total. The van der Waals surface area contributed by atoms with E-state index in [2.05, 4.69) is 30.7 Å². The number of methoxy groups -OCH3 is 3. The third kappa shape index (κ3) is 15.2. The predicted molar refractivity (Wildman–Crippen MR) is 272 cm³/mol. The van der Waals surface area contributed by atoms with Crippen LogP contribution < -0.4 is 31.2 Å². The fourth-order valence-electron chi connectivity index (χ4n) is 7.53. The number of nitrogens with one attached hydrogen (secondary N) is 3. The van der Waals surface area contributed by atoms with Crippen molar-refractivity contribution >= 4 is 74.9 Å². The van der Waals surface area contributed by atoms with Gasteiger partial charge in [-0.3, -0.25) is 24.5 Å². The van der Waals surface area contributed by atoms with Gasteiger partial charge in [0.15, 0.2) is 0 Å². The maximum atomic E-state index is 12.9. The molecular formula is C53H62N8O12. The summed E-state index contributed by atoms with van der Waals surface area (Å²) in [6.07, 6.45) is 7.20. The molecule has 0 unspecified atom stereocenters. The van der Waals surface area contributed by atoms with Crippen molar-refractivity contribution < 1.29 is 57.2 Å². The molecule has 7 rings (SSSR count). The van der Waals surface area contributed by atoms with Crippen molar-refractivity contribution in [2.45, 2.75) is 85.1 Å². The number of nitrogens with two attached hydrogens (primary N) is 1. The summed E-state index contributed by atoms with van der Waals surface area (Å²) in [6, 6.07) is 21.5. The number of hydrogen-bond acceptors (Lipinski definition) is 14. The summed E-state index contributed by atoms with van der Waals surface area (Å²) in [5.74, 6) is -1.71. The molecule has 5 amide bonds. The average molecular weight is 1000 g/mol. The Labute approximate surface area is 422 Å². The van der Waals surface area contributed by atoms with E-state index in [9.17, 15) is 33.6 Å². The lowest BCUT2D eigenvalue weighted by molar-refractivity contribution is -0.135. The van der Waals surface area contributed by atoms with Crippen LogP contribution in [0.15, 0.2) is 97.6 Å². The number of primary amides is 1.